The Morgan fingerprint density at radius 1 is 1.33 bits per heavy atom. The number of hydrogen-bond acceptors (Lipinski definition) is 4. The largest absolute Gasteiger partial charge is 0.365 e. The molecule has 1 aromatic rings. The number of aliphatic hydroxyl groups is 1. The Labute approximate surface area is 90.2 Å². The highest BCUT2D eigenvalue weighted by molar-refractivity contribution is 7.85. The highest BCUT2D eigenvalue weighted by atomic mass is 32.2. The van der Waals surface area contributed by atoms with E-state index >= 15 is 0 Å². The lowest BCUT2D eigenvalue weighted by atomic mass is 10.3. The number of aliphatic hydroxyl groups excluding tert-OH is 1. The average Bonchev–Trinajstić information content (AvgIpc) is 2.30. The summed E-state index contributed by atoms with van der Waals surface area (Å²) in [5.41, 5.74) is 0. The van der Waals surface area contributed by atoms with E-state index in [9.17, 15) is 9.32 Å². The van der Waals surface area contributed by atoms with Crippen molar-refractivity contribution in [3.8, 4) is 0 Å². The minimum absolute atomic E-state index is 0.361. The molecule has 0 aliphatic carbocycles. The third kappa shape index (κ3) is 2.43. The van der Waals surface area contributed by atoms with Gasteiger partial charge in [-0.1, -0.05) is 18.2 Å². The first kappa shape index (κ1) is 10.8. The van der Waals surface area contributed by atoms with E-state index in [4.69, 9.17) is 0 Å². The van der Waals surface area contributed by atoms with Crippen molar-refractivity contribution in [1.29, 1.82) is 0 Å². The average molecular weight is 228 g/mol. The van der Waals surface area contributed by atoms with Gasteiger partial charge >= 0.3 is 0 Å². The Morgan fingerprint density at radius 2 is 2.07 bits per heavy atom. The summed E-state index contributed by atoms with van der Waals surface area (Å²) in [7, 11) is -1.25. The highest BCUT2D eigenvalue weighted by Crippen LogP contribution is 2.20. The first-order chi connectivity index (χ1) is 7.29. The lowest BCUT2D eigenvalue weighted by Crippen LogP contribution is -2.38. The minimum Gasteiger partial charge on any atom is -0.365 e. The van der Waals surface area contributed by atoms with Crippen LogP contribution in [0.3, 0.4) is 0 Å². The monoisotopic (exact) mass is 228 g/mol. The molecule has 0 amide bonds. The van der Waals surface area contributed by atoms with Gasteiger partial charge in [0.15, 0.2) is 0 Å². The molecule has 1 aliphatic heterocycles. The molecule has 0 saturated carbocycles. The zero-order valence-electron chi connectivity index (χ0n) is 8.04. The highest BCUT2D eigenvalue weighted by Gasteiger charge is 2.31. The summed E-state index contributed by atoms with van der Waals surface area (Å²) in [5, 5.41) is 9.04. The van der Waals surface area contributed by atoms with Crippen molar-refractivity contribution in [3.63, 3.8) is 0 Å². The van der Waals surface area contributed by atoms with Crippen LogP contribution in [0.2, 0.25) is 0 Å². The van der Waals surface area contributed by atoms with Crippen LogP contribution in [0, 0.1) is 0 Å². The molecule has 5 heteroatoms. The summed E-state index contributed by atoms with van der Waals surface area (Å²) >= 11 is 0. The van der Waals surface area contributed by atoms with Crippen LogP contribution in [0.25, 0.3) is 0 Å². The predicted molar refractivity (Wildman–Crippen MR) is 54.3 cm³/mol. The van der Waals surface area contributed by atoms with Gasteiger partial charge in [-0.2, -0.15) is 0 Å². The third-order valence-corrected chi connectivity index (χ3v) is 3.98. The van der Waals surface area contributed by atoms with Gasteiger partial charge in [0.25, 0.3) is 0 Å². The van der Waals surface area contributed by atoms with Gasteiger partial charge in [0.1, 0.15) is 0 Å². The standard InChI is InChI=1S/C10H12O4S/c11-10-9(6-7-13-14-10)15(12)8-4-2-1-3-5-8/h1-5,9-11H,6-7H2. The van der Waals surface area contributed by atoms with Crippen LogP contribution in [0.15, 0.2) is 35.2 Å². The molecule has 1 saturated heterocycles. The van der Waals surface area contributed by atoms with E-state index in [0.29, 0.717) is 17.9 Å². The summed E-state index contributed by atoms with van der Waals surface area (Å²) in [6, 6.07) is 9.05. The lowest BCUT2D eigenvalue weighted by Gasteiger charge is -2.25. The molecule has 1 N–H and O–H groups in total. The molecule has 1 aromatic carbocycles. The van der Waals surface area contributed by atoms with E-state index in [-0.39, 0.29) is 0 Å². The second-order valence-corrected chi connectivity index (χ2v) is 4.92. The molecule has 0 spiro atoms. The normalized spacial score (nSPS) is 28.6. The molecule has 15 heavy (non-hydrogen) atoms. The maximum atomic E-state index is 12.0. The third-order valence-electron chi connectivity index (χ3n) is 2.22. The fourth-order valence-electron chi connectivity index (χ4n) is 1.43. The van der Waals surface area contributed by atoms with Gasteiger partial charge in [0, 0.05) is 4.90 Å². The molecule has 1 heterocycles. The van der Waals surface area contributed by atoms with Crippen LogP contribution >= 0.6 is 0 Å². The Hall–Kier alpha value is -0.750. The topological polar surface area (TPSA) is 55.8 Å². The molecule has 3 atom stereocenters. The smallest absolute Gasteiger partial charge is 0.203 e. The second kappa shape index (κ2) is 4.85. The molecule has 1 aliphatic rings. The number of benzene rings is 1. The van der Waals surface area contributed by atoms with E-state index in [1.54, 1.807) is 12.1 Å². The molecule has 82 valence electrons. The van der Waals surface area contributed by atoms with Gasteiger partial charge < -0.3 is 5.11 Å². The fourth-order valence-corrected chi connectivity index (χ4v) is 2.77. The quantitative estimate of drug-likeness (QED) is 0.762. The van der Waals surface area contributed by atoms with E-state index in [1.165, 1.54) is 0 Å². The van der Waals surface area contributed by atoms with Crippen molar-refractivity contribution in [2.75, 3.05) is 6.61 Å². The van der Waals surface area contributed by atoms with Gasteiger partial charge in [-0.05, 0) is 18.6 Å². The van der Waals surface area contributed by atoms with Gasteiger partial charge in [-0.25, -0.2) is 9.78 Å². The van der Waals surface area contributed by atoms with Gasteiger partial charge in [0.2, 0.25) is 6.29 Å². The van der Waals surface area contributed by atoms with Crippen LogP contribution in [-0.2, 0) is 20.6 Å². The molecule has 0 radical (unpaired) electrons. The van der Waals surface area contributed by atoms with Crippen molar-refractivity contribution >= 4 is 10.8 Å². The zero-order chi connectivity index (χ0) is 10.7. The Balaban J connectivity index is 2.13. The van der Waals surface area contributed by atoms with E-state index in [1.807, 2.05) is 18.2 Å². The van der Waals surface area contributed by atoms with E-state index in [2.05, 4.69) is 9.78 Å². The molecule has 3 unspecified atom stereocenters. The summed E-state index contributed by atoms with van der Waals surface area (Å²) in [6.07, 6.45) is -0.581. The summed E-state index contributed by atoms with van der Waals surface area (Å²) in [6.45, 7) is 0.361. The van der Waals surface area contributed by atoms with Crippen LogP contribution < -0.4 is 0 Å². The first-order valence-corrected chi connectivity index (χ1v) is 5.92. The molecule has 1 fully saturated rings. The summed E-state index contributed by atoms with van der Waals surface area (Å²) < 4.78 is 12.0. The van der Waals surface area contributed by atoms with Crippen molar-refractivity contribution in [3.05, 3.63) is 30.3 Å². The van der Waals surface area contributed by atoms with Crippen LogP contribution in [0.1, 0.15) is 6.42 Å². The van der Waals surface area contributed by atoms with Crippen LogP contribution in [0.4, 0.5) is 0 Å². The Morgan fingerprint density at radius 3 is 2.73 bits per heavy atom. The number of hydrogen-bond donors (Lipinski definition) is 1. The van der Waals surface area contributed by atoms with Crippen LogP contribution in [-0.4, -0.2) is 27.5 Å². The SMILES string of the molecule is O=S(c1ccccc1)C1CCOOC1O. The maximum absolute atomic E-state index is 12.0. The Bertz CT molecular complexity index is 341. The summed E-state index contributed by atoms with van der Waals surface area (Å²) in [5.74, 6) is 0. The van der Waals surface area contributed by atoms with Crippen LogP contribution in [0.5, 0.6) is 0 Å². The van der Waals surface area contributed by atoms with E-state index in [0.717, 1.165) is 0 Å². The molecule has 4 nitrogen and oxygen atoms in total. The Kier molecular flexibility index (Phi) is 3.48. The molecular formula is C10H12O4S. The van der Waals surface area contributed by atoms with Crippen molar-refractivity contribution in [2.24, 2.45) is 0 Å². The number of rotatable bonds is 2. The van der Waals surface area contributed by atoms with E-state index < -0.39 is 22.3 Å². The maximum Gasteiger partial charge on any atom is 0.203 e. The van der Waals surface area contributed by atoms with Gasteiger partial charge in [-0.3, -0.25) is 4.21 Å². The molecule has 0 aromatic heterocycles. The van der Waals surface area contributed by atoms with Crippen molar-refractivity contribution < 1.29 is 19.1 Å². The molecule has 0 bridgehead atoms. The molecular weight excluding hydrogens is 216 g/mol. The van der Waals surface area contributed by atoms with Gasteiger partial charge in [0.05, 0.1) is 22.7 Å². The minimum atomic E-state index is -1.25. The predicted octanol–water partition coefficient (Wildman–Crippen LogP) is 0.833. The summed E-state index contributed by atoms with van der Waals surface area (Å²) in [4.78, 5) is 9.91. The second-order valence-electron chi connectivity index (χ2n) is 3.25. The van der Waals surface area contributed by atoms with Crippen molar-refractivity contribution in [2.45, 2.75) is 22.9 Å². The fraction of sp³-hybridized carbons (Fsp3) is 0.400. The lowest BCUT2D eigenvalue weighted by molar-refractivity contribution is -0.387. The zero-order valence-corrected chi connectivity index (χ0v) is 8.85. The van der Waals surface area contributed by atoms with Crippen molar-refractivity contribution in [1.82, 2.24) is 0 Å². The first-order valence-electron chi connectivity index (χ1n) is 4.71. The van der Waals surface area contributed by atoms with Gasteiger partial charge in [-0.15, -0.1) is 0 Å². The molecule has 2 rings (SSSR count).